The van der Waals surface area contributed by atoms with E-state index in [4.69, 9.17) is 0 Å². The zero-order chi connectivity index (χ0) is 17.2. The first-order valence-corrected chi connectivity index (χ1v) is 8.68. The van der Waals surface area contributed by atoms with Crippen LogP contribution in [-0.2, 0) is 26.2 Å². The van der Waals surface area contributed by atoms with Gasteiger partial charge >= 0.3 is 0 Å². The Kier molecular flexibility index (Phi) is 4.38. The molecule has 0 unspecified atom stereocenters. The Morgan fingerprint density at radius 2 is 2.12 bits per heavy atom. The summed E-state index contributed by atoms with van der Waals surface area (Å²) >= 11 is 0. The average molecular weight is 336 g/mol. The lowest BCUT2D eigenvalue weighted by molar-refractivity contribution is 0.203. The average Bonchev–Trinajstić information content (AvgIpc) is 3.25. The topological polar surface area (TPSA) is 53.0 Å². The number of hydrogen-bond donors (Lipinski definition) is 1. The Labute approximate surface area is 148 Å². The third-order valence-corrected chi connectivity index (χ3v) is 4.67. The summed E-state index contributed by atoms with van der Waals surface area (Å²) in [5.41, 5.74) is 6.26. The van der Waals surface area contributed by atoms with E-state index < -0.39 is 0 Å². The first-order chi connectivity index (χ1) is 12.2. The van der Waals surface area contributed by atoms with Gasteiger partial charge in [0.05, 0.1) is 24.1 Å². The first-order valence-electron chi connectivity index (χ1n) is 8.68. The highest BCUT2D eigenvalue weighted by Crippen LogP contribution is 2.22. The summed E-state index contributed by atoms with van der Waals surface area (Å²) in [6.45, 7) is 4.85. The smallest absolute Gasteiger partial charge is 0.0650 e. The monoisotopic (exact) mass is 336 g/mol. The van der Waals surface area contributed by atoms with Gasteiger partial charge in [0.25, 0.3) is 0 Å². The van der Waals surface area contributed by atoms with Crippen LogP contribution in [0.5, 0.6) is 0 Å². The van der Waals surface area contributed by atoms with Crippen LogP contribution in [0.1, 0.15) is 16.8 Å². The molecule has 25 heavy (non-hydrogen) atoms. The van der Waals surface area contributed by atoms with E-state index in [1.807, 2.05) is 12.3 Å². The molecule has 0 amide bonds. The van der Waals surface area contributed by atoms with Gasteiger partial charge in [-0.05, 0) is 37.4 Å². The number of nitrogens with zero attached hydrogens (tertiary/aromatic N) is 5. The molecule has 0 radical (unpaired) electrons. The van der Waals surface area contributed by atoms with E-state index in [2.05, 4.69) is 68.1 Å². The van der Waals surface area contributed by atoms with Crippen LogP contribution in [-0.4, -0.2) is 50.4 Å². The van der Waals surface area contributed by atoms with E-state index in [9.17, 15) is 0 Å². The quantitative estimate of drug-likeness (QED) is 0.777. The van der Waals surface area contributed by atoms with Gasteiger partial charge in [0.15, 0.2) is 0 Å². The highest BCUT2D eigenvalue weighted by molar-refractivity contribution is 5.59. The summed E-state index contributed by atoms with van der Waals surface area (Å²) < 4.78 is 2.16. The minimum atomic E-state index is 0.943. The molecule has 0 saturated carbocycles. The second-order valence-electron chi connectivity index (χ2n) is 6.96. The van der Waals surface area contributed by atoms with Gasteiger partial charge in [0.2, 0.25) is 0 Å². The molecule has 3 aromatic rings. The largest absolute Gasteiger partial charge is 0.305 e. The molecule has 0 aliphatic carbocycles. The molecule has 3 heterocycles. The number of fused-ring (bicyclic) bond motifs is 1. The van der Waals surface area contributed by atoms with Gasteiger partial charge < -0.3 is 4.90 Å². The van der Waals surface area contributed by atoms with Crippen molar-refractivity contribution < 1.29 is 0 Å². The molecule has 6 heteroatoms. The molecule has 0 bridgehead atoms. The first kappa shape index (κ1) is 16.1. The van der Waals surface area contributed by atoms with Crippen LogP contribution < -0.4 is 0 Å². The Hall–Kier alpha value is -2.44. The van der Waals surface area contributed by atoms with E-state index >= 15 is 0 Å². The molecule has 0 fully saturated rings. The molecule has 0 atom stereocenters. The van der Waals surface area contributed by atoms with Gasteiger partial charge in [-0.15, -0.1) is 0 Å². The maximum absolute atomic E-state index is 4.55. The second kappa shape index (κ2) is 6.82. The van der Waals surface area contributed by atoms with Crippen LogP contribution in [0.25, 0.3) is 11.3 Å². The molecule has 1 aromatic carbocycles. The standard InChI is InChI=1S/C19H24N6/c1-23(2)13-17-11-21-25-9-8-24(14-19(17)25)12-15-4-3-5-16(10-15)18-6-7-20-22-18/h3-7,10-11H,8-9,12-14H2,1-2H3,(H,20,22). The zero-order valence-corrected chi connectivity index (χ0v) is 14.8. The number of H-pyrrole nitrogens is 1. The fourth-order valence-corrected chi connectivity index (χ4v) is 3.47. The van der Waals surface area contributed by atoms with Gasteiger partial charge in [-0.3, -0.25) is 14.7 Å². The van der Waals surface area contributed by atoms with Crippen molar-refractivity contribution in [2.24, 2.45) is 0 Å². The van der Waals surface area contributed by atoms with Crippen molar-refractivity contribution in [1.29, 1.82) is 0 Å². The van der Waals surface area contributed by atoms with Gasteiger partial charge in [0.1, 0.15) is 0 Å². The third kappa shape index (κ3) is 3.50. The lowest BCUT2D eigenvalue weighted by atomic mass is 10.1. The van der Waals surface area contributed by atoms with Crippen molar-refractivity contribution in [3.05, 3.63) is 59.5 Å². The molecule has 1 aliphatic heterocycles. The summed E-state index contributed by atoms with van der Waals surface area (Å²) in [7, 11) is 4.21. The number of nitrogens with one attached hydrogen (secondary N) is 1. The van der Waals surface area contributed by atoms with Crippen LogP contribution in [0.15, 0.2) is 42.7 Å². The van der Waals surface area contributed by atoms with E-state index in [1.54, 1.807) is 6.20 Å². The van der Waals surface area contributed by atoms with Gasteiger partial charge in [-0.25, -0.2) is 0 Å². The van der Waals surface area contributed by atoms with Gasteiger partial charge in [-0.1, -0.05) is 18.2 Å². The molecular formula is C19H24N6. The second-order valence-corrected chi connectivity index (χ2v) is 6.96. The van der Waals surface area contributed by atoms with E-state index in [1.165, 1.54) is 22.4 Å². The van der Waals surface area contributed by atoms with Crippen LogP contribution in [0, 0.1) is 0 Å². The van der Waals surface area contributed by atoms with Crippen molar-refractivity contribution in [2.75, 3.05) is 20.6 Å². The molecule has 4 rings (SSSR count). The lowest BCUT2D eigenvalue weighted by Crippen LogP contribution is -2.34. The van der Waals surface area contributed by atoms with E-state index in [0.29, 0.717) is 0 Å². The molecule has 0 spiro atoms. The fourth-order valence-electron chi connectivity index (χ4n) is 3.47. The highest BCUT2D eigenvalue weighted by Gasteiger charge is 2.20. The maximum Gasteiger partial charge on any atom is 0.0650 e. The number of benzene rings is 1. The van der Waals surface area contributed by atoms with E-state index in [-0.39, 0.29) is 0 Å². The molecule has 1 N–H and O–H groups in total. The third-order valence-electron chi connectivity index (χ3n) is 4.67. The van der Waals surface area contributed by atoms with Crippen LogP contribution in [0.4, 0.5) is 0 Å². The molecule has 2 aromatic heterocycles. The summed E-state index contributed by atoms with van der Waals surface area (Å²) in [6.07, 6.45) is 3.82. The van der Waals surface area contributed by atoms with Crippen LogP contribution in [0.3, 0.4) is 0 Å². The predicted octanol–water partition coefficient (Wildman–Crippen LogP) is 2.35. The van der Waals surface area contributed by atoms with Crippen molar-refractivity contribution >= 4 is 0 Å². The Morgan fingerprint density at radius 3 is 2.92 bits per heavy atom. The Bertz CT molecular complexity index is 833. The minimum Gasteiger partial charge on any atom is -0.305 e. The summed E-state index contributed by atoms with van der Waals surface area (Å²) in [5, 5.41) is 11.6. The summed E-state index contributed by atoms with van der Waals surface area (Å²) in [5.74, 6) is 0. The van der Waals surface area contributed by atoms with Crippen LogP contribution >= 0.6 is 0 Å². The maximum atomic E-state index is 4.55. The Balaban J connectivity index is 1.49. The van der Waals surface area contributed by atoms with Crippen molar-refractivity contribution in [1.82, 2.24) is 29.8 Å². The molecule has 1 aliphatic rings. The molecule has 130 valence electrons. The van der Waals surface area contributed by atoms with E-state index in [0.717, 1.165) is 38.4 Å². The minimum absolute atomic E-state index is 0.943. The number of rotatable bonds is 5. The lowest BCUT2D eigenvalue weighted by Gasteiger charge is -2.28. The van der Waals surface area contributed by atoms with Crippen molar-refractivity contribution in [2.45, 2.75) is 26.2 Å². The number of hydrogen-bond acceptors (Lipinski definition) is 4. The summed E-state index contributed by atoms with van der Waals surface area (Å²) in [6, 6.07) is 10.7. The van der Waals surface area contributed by atoms with Gasteiger partial charge in [-0.2, -0.15) is 10.2 Å². The van der Waals surface area contributed by atoms with Gasteiger partial charge in [0, 0.05) is 37.9 Å². The molecule has 6 nitrogen and oxygen atoms in total. The Morgan fingerprint density at radius 1 is 1.20 bits per heavy atom. The zero-order valence-electron chi connectivity index (χ0n) is 14.8. The number of aromatic amines is 1. The van der Waals surface area contributed by atoms with Crippen LogP contribution in [0.2, 0.25) is 0 Å². The normalized spacial score (nSPS) is 14.8. The SMILES string of the molecule is CN(C)Cc1cnn2c1CN(Cc1cccc(-c3ccn[nH]3)c1)CC2. The fraction of sp³-hybridized carbons (Fsp3) is 0.368. The highest BCUT2D eigenvalue weighted by atomic mass is 15.3. The summed E-state index contributed by atoms with van der Waals surface area (Å²) in [4.78, 5) is 4.70. The molecule has 0 saturated heterocycles. The van der Waals surface area contributed by atoms with Crippen molar-refractivity contribution in [3.63, 3.8) is 0 Å². The number of aromatic nitrogens is 4. The predicted molar refractivity (Wildman–Crippen MR) is 97.8 cm³/mol. The molecular weight excluding hydrogens is 312 g/mol. The van der Waals surface area contributed by atoms with Crippen molar-refractivity contribution in [3.8, 4) is 11.3 Å².